The van der Waals surface area contributed by atoms with Gasteiger partial charge in [0.25, 0.3) is 5.91 Å². The average Bonchev–Trinajstić information content (AvgIpc) is 2.50. The minimum atomic E-state index is -0.315. The minimum absolute atomic E-state index is 0.315. The SMILES string of the molecule is CCOc1ccc(C(=O)N/N=C\c2ccc(Cl)cc2Cl)cc1. The number of hydrogen-bond donors (Lipinski definition) is 1. The highest BCUT2D eigenvalue weighted by Gasteiger charge is 2.04. The molecule has 0 radical (unpaired) electrons. The summed E-state index contributed by atoms with van der Waals surface area (Å²) in [6, 6.07) is 11.8. The number of benzene rings is 2. The summed E-state index contributed by atoms with van der Waals surface area (Å²) in [5, 5.41) is 4.89. The predicted molar refractivity (Wildman–Crippen MR) is 89.1 cm³/mol. The second-order valence-corrected chi connectivity index (χ2v) is 5.17. The second kappa shape index (κ2) is 7.82. The topological polar surface area (TPSA) is 50.7 Å². The summed E-state index contributed by atoms with van der Waals surface area (Å²) < 4.78 is 5.32. The zero-order chi connectivity index (χ0) is 15.9. The molecular formula is C16H14Cl2N2O2. The van der Waals surface area contributed by atoms with E-state index in [-0.39, 0.29) is 5.91 Å². The highest BCUT2D eigenvalue weighted by molar-refractivity contribution is 6.36. The fourth-order valence-electron chi connectivity index (χ4n) is 1.70. The lowest BCUT2D eigenvalue weighted by Gasteiger charge is -2.04. The van der Waals surface area contributed by atoms with Gasteiger partial charge in [0.15, 0.2) is 0 Å². The zero-order valence-corrected chi connectivity index (χ0v) is 13.4. The first-order valence-electron chi connectivity index (χ1n) is 6.61. The molecule has 1 amide bonds. The van der Waals surface area contributed by atoms with Crippen LogP contribution in [0.4, 0.5) is 0 Å². The van der Waals surface area contributed by atoms with Crippen LogP contribution in [0.1, 0.15) is 22.8 Å². The Morgan fingerprint density at radius 3 is 2.59 bits per heavy atom. The number of rotatable bonds is 5. The average molecular weight is 337 g/mol. The first-order valence-corrected chi connectivity index (χ1v) is 7.37. The molecule has 2 aromatic carbocycles. The van der Waals surface area contributed by atoms with Gasteiger partial charge in [0, 0.05) is 16.1 Å². The van der Waals surface area contributed by atoms with Crippen LogP contribution in [0.5, 0.6) is 5.75 Å². The molecule has 0 aliphatic heterocycles. The smallest absolute Gasteiger partial charge is 0.271 e. The van der Waals surface area contributed by atoms with E-state index in [1.807, 2.05) is 6.92 Å². The Hall–Kier alpha value is -2.04. The summed E-state index contributed by atoms with van der Waals surface area (Å²) in [6.45, 7) is 2.48. The third-order valence-corrected chi connectivity index (χ3v) is 3.32. The predicted octanol–water partition coefficient (Wildman–Crippen LogP) is 4.16. The van der Waals surface area contributed by atoms with Crippen LogP contribution in [-0.4, -0.2) is 18.7 Å². The molecule has 6 heteroatoms. The maximum atomic E-state index is 11.9. The Balaban J connectivity index is 1.98. The molecule has 0 heterocycles. The van der Waals surface area contributed by atoms with E-state index >= 15 is 0 Å². The van der Waals surface area contributed by atoms with Crippen molar-refractivity contribution in [3.05, 3.63) is 63.6 Å². The fraction of sp³-hybridized carbons (Fsp3) is 0.125. The molecule has 2 aromatic rings. The summed E-state index contributed by atoms with van der Waals surface area (Å²) in [5.74, 6) is 0.403. The number of nitrogens with one attached hydrogen (secondary N) is 1. The van der Waals surface area contributed by atoms with E-state index in [9.17, 15) is 4.79 Å². The van der Waals surface area contributed by atoms with Crippen LogP contribution in [0.15, 0.2) is 47.6 Å². The molecule has 0 saturated heterocycles. The molecule has 0 saturated carbocycles. The number of amides is 1. The molecule has 4 nitrogen and oxygen atoms in total. The molecule has 0 fully saturated rings. The molecular weight excluding hydrogens is 323 g/mol. The van der Waals surface area contributed by atoms with E-state index in [4.69, 9.17) is 27.9 Å². The Morgan fingerprint density at radius 2 is 1.95 bits per heavy atom. The Morgan fingerprint density at radius 1 is 1.23 bits per heavy atom. The molecule has 0 aliphatic rings. The molecule has 0 aliphatic carbocycles. The van der Waals surface area contributed by atoms with E-state index < -0.39 is 0 Å². The molecule has 0 atom stereocenters. The summed E-state index contributed by atoms with van der Waals surface area (Å²) in [7, 11) is 0. The second-order valence-electron chi connectivity index (χ2n) is 4.32. The molecule has 114 valence electrons. The summed E-state index contributed by atoms with van der Waals surface area (Å²) in [6.07, 6.45) is 1.46. The van der Waals surface area contributed by atoms with Crippen molar-refractivity contribution in [2.75, 3.05) is 6.61 Å². The van der Waals surface area contributed by atoms with E-state index in [0.717, 1.165) is 5.75 Å². The van der Waals surface area contributed by atoms with Gasteiger partial charge < -0.3 is 4.74 Å². The van der Waals surface area contributed by atoms with Gasteiger partial charge in [-0.1, -0.05) is 29.3 Å². The maximum Gasteiger partial charge on any atom is 0.271 e. The zero-order valence-electron chi connectivity index (χ0n) is 11.8. The van der Waals surface area contributed by atoms with Gasteiger partial charge in [0.1, 0.15) is 5.75 Å². The van der Waals surface area contributed by atoms with Crippen LogP contribution in [0.25, 0.3) is 0 Å². The van der Waals surface area contributed by atoms with Gasteiger partial charge >= 0.3 is 0 Å². The number of carbonyl (C=O) groups is 1. The van der Waals surface area contributed by atoms with Crippen molar-refractivity contribution in [2.45, 2.75) is 6.92 Å². The van der Waals surface area contributed by atoms with Crippen molar-refractivity contribution >= 4 is 35.3 Å². The first-order chi connectivity index (χ1) is 10.6. The largest absolute Gasteiger partial charge is 0.494 e. The van der Waals surface area contributed by atoms with Crippen molar-refractivity contribution in [1.82, 2.24) is 5.43 Å². The van der Waals surface area contributed by atoms with Crippen molar-refractivity contribution in [3.63, 3.8) is 0 Å². The van der Waals surface area contributed by atoms with Crippen LogP contribution < -0.4 is 10.2 Å². The molecule has 0 aromatic heterocycles. The van der Waals surface area contributed by atoms with Gasteiger partial charge in [-0.25, -0.2) is 5.43 Å². The number of carbonyl (C=O) groups excluding carboxylic acids is 1. The lowest BCUT2D eigenvalue weighted by atomic mass is 10.2. The lowest BCUT2D eigenvalue weighted by Crippen LogP contribution is -2.17. The van der Waals surface area contributed by atoms with Gasteiger partial charge in [-0.2, -0.15) is 5.10 Å². The Labute approximate surface area is 138 Å². The van der Waals surface area contributed by atoms with E-state index in [0.29, 0.717) is 27.8 Å². The number of hydrazone groups is 1. The van der Waals surface area contributed by atoms with Crippen molar-refractivity contribution in [1.29, 1.82) is 0 Å². The van der Waals surface area contributed by atoms with Crippen LogP contribution in [0.3, 0.4) is 0 Å². The molecule has 22 heavy (non-hydrogen) atoms. The molecule has 0 bridgehead atoms. The van der Waals surface area contributed by atoms with Crippen molar-refractivity contribution in [3.8, 4) is 5.75 Å². The third-order valence-electron chi connectivity index (χ3n) is 2.76. The highest BCUT2D eigenvalue weighted by Crippen LogP contribution is 2.19. The maximum absolute atomic E-state index is 11.9. The minimum Gasteiger partial charge on any atom is -0.494 e. The summed E-state index contributed by atoms with van der Waals surface area (Å²) >= 11 is 11.8. The van der Waals surface area contributed by atoms with E-state index in [1.54, 1.807) is 42.5 Å². The fourth-order valence-corrected chi connectivity index (χ4v) is 2.16. The number of ether oxygens (including phenoxy) is 1. The normalized spacial score (nSPS) is 10.7. The molecule has 0 unspecified atom stereocenters. The Bertz CT molecular complexity index is 685. The van der Waals surface area contributed by atoms with Crippen molar-refractivity contribution in [2.24, 2.45) is 5.10 Å². The molecule has 1 N–H and O–H groups in total. The first kappa shape index (κ1) is 16.3. The standard InChI is InChI=1S/C16H14Cl2N2O2/c1-2-22-14-7-4-11(5-8-14)16(21)20-19-10-12-3-6-13(17)9-15(12)18/h3-10H,2H2,1H3,(H,20,21)/b19-10-. The third kappa shape index (κ3) is 4.48. The van der Waals surface area contributed by atoms with E-state index in [1.165, 1.54) is 6.21 Å². The monoisotopic (exact) mass is 336 g/mol. The Kier molecular flexibility index (Phi) is 5.81. The number of nitrogens with zero attached hydrogens (tertiary/aromatic N) is 1. The molecule has 2 rings (SSSR count). The van der Waals surface area contributed by atoms with Crippen LogP contribution in [0, 0.1) is 0 Å². The lowest BCUT2D eigenvalue weighted by molar-refractivity contribution is 0.0955. The van der Waals surface area contributed by atoms with Crippen LogP contribution in [0.2, 0.25) is 10.0 Å². The summed E-state index contributed by atoms with van der Waals surface area (Å²) in [4.78, 5) is 11.9. The number of hydrogen-bond acceptors (Lipinski definition) is 3. The summed E-state index contributed by atoms with van der Waals surface area (Å²) in [5.41, 5.74) is 3.59. The molecule has 0 spiro atoms. The van der Waals surface area contributed by atoms with Gasteiger partial charge in [-0.15, -0.1) is 0 Å². The van der Waals surface area contributed by atoms with Crippen LogP contribution in [-0.2, 0) is 0 Å². The number of halogens is 2. The van der Waals surface area contributed by atoms with Gasteiger partial charge in [0.05, 0.1) is 17.8 Å². The highest BCUT2D eigenvalue weighted by atomic mass is 35.5. The van der Waals surface area contributed by atoms with Crippen LogP contribution >= 0.6 is 23.2 Å². The van der Waals surface area contributed by atoms with Gasteiger partial charge in [-0.3, -0.25) is 4.79 Å². The quantitative estimate of drug-likeness (QED) is 0.658. The van der Waals surface area contributed by atoms with Crippen molar-refractivity contribution < 1.29 is 9.53 Å². The van der Waals surface area contributed by atoms with Gasteiger partial charge in [0.2, 0.25) is 0 Å². The van der Waals surface area contributed by atoms with Gasteiger partial charge in [-0.05, 0) is 43.3 Å². The van der Waals surface area contributed by atoms with E-state index in [2.05, 4.69) is 10.5 Å².